The molecule has 0 aliphatic rings. The second-order valence-corrected chi connectivity index (χ2v) is 4.26. The van der Waals surface area contributed by atoms with Gasteiger partial charge in [0, 0.05) is 11.4 Å². The highest BCUT2D eigenvalue weighted by Crippen LogP contribution is 2.22. The minimum Gasteiger partial charge on any atom is -0.399 e. The van der Waals surface area contributed by atoms with Crippen LogP contribution in [-0.4, -0.2) is 6.03 Å². The summed E-state index contributed by atoms with van der Waals surface area (Å²) in [5.41, 5.74) is 6.22. The number of carbonyl (C=O) groups excluding carboxylic acids is 1. The number of benzene rings is 2. The fourth-order valence-electron chi connectivity index (χ4n) is 1.66. The summed E-state index contributed by atoms with van der Waals surface area (Å²) in [5, 5.41) is 4.59. The molecule has 2 aromatic rings. The number of urea groups is 1. The summed E-state index contributed by atoms with van der Waals surface area (Å²) in [6.45, 7) is 1.48. The maximum atomic E-state index is 13.7. The maximum absolute atomic E-state index is 13.7. The molecular weight excluding hydrogens is 264 g/mol. The molecule has 2 aromatic carbocycles. The van der Waals surface area contributed by atoms with Crippen LogP contribution >= 0.6 is 0 Å². The number of halogens is 2. The molecule has 6 heteroatoms. The van der Waals surface area contributed by atoms with Crippen LogP contribution in [-0.2, 0) is 0 Å². The van der Waals surface area contributed by atoms with E-state index in [1.54, 1.807) is 18.2 Å². The van der Waals surface area contributed by atoms with E-state index < -0.39 is 23.4 Å². The Morgan fingerprint density at radius 1 is 1.15 bits per heavy atom. The lowest BCUT2D eigenvalue weighted by molar-refractivity contribution is 0.262. The minimum atomic E-state index is -0.837. The number of nitrogens with two attached hydrogens (primary N) is 1. The quantitative estimate of drug-likeness (QED) is 0.735. The van der Waals surface area contributed by atoms with Gasteiger partial charge in [0.2, 0.25) is 0 Å². The van der Waals surface area contributed by atoms with Crippen molar-refractivity contribution in [3.05, 3.63) is 53.6 Å². The van der Waals surface area contributed by atoms with Gasteiger partial charge in [-0.1, -0.05) is 12.1 Å². The Balaban J connectivity index is 2.15. The number of anilines is 3. The maximum Gasteiger partial charge on any atom is 0.323 e. The molecule has 4 N–H and O–H groups in total. The molecule has 0 saturated heterocycles. The molecule has 2 rings (SSSR count). The van der Waals surface area contributed by atoms with E-state index in [2.05, 4.69) is 10.6 Å². The van der Waals surface area contributed by atoms with Crippen LogP contribution in [0.25, 0.3) is 0 Å². The number of amides is 2. The van der Waals surface area contributed by atoms with Crippen molar-refractivity contribution in [3.8, 4) is 0 Å². The van der Waals surface area contributed by atoms with Crippen molar-refractivity contribution >= 4 is 23.1 Å². The van der Waals surface area contributed by atoms with Crippen LogP contribution in [0.15, 0.2) is 36.4 Å². The largest absolute Gasteiger partial charge is 0.399 e. The first kappa shape index (κ1) is 13.8. The van der Waals surface area contributed by atoms with E-state index in [-0.39, 0.29) is 5.56 Å². The van der Waals surface area contributed by atoms with Crippen LogP contribution in [0.4, 0.5) is 30.6 Å². The number of nitrogen functional groups attached to an aromatic ring is 1. The van der Waals surface area contributed by atoms with Crippen LogP contribution in [0.1, 0.15) is 5.56 Å². The zero-order chi connectivity index (χ0) is 14.7. The van der Waals surface area contributed by atoms with E-state index >= 15 is 0 Å². The van der Waals surface area contributed by atoms with Gasteiger partial charge in [-0.2, -0.15) is 0 Å². The monoisotopic (exact) mass is 277 g/mol. The number of rotatable bonds is 2. The minimum absolute atomic E-state index is 0.241. The summed E-state index contributed by atoms with van der Waals surface area (Å²) < 4.78 is 27.2. The Morgan fingerprint density at radius 2 is 1.90 bits per heavy atom. The van der Waals surface area contributed by atoms with Gasteiger partial charge < -0.3 is 16.4 Å². The van der Waals surface area contributed by atoms with E-state index in [9.17, 15) is 13.6 Å². The normalized spacial score (nSPS) is 10.2. The molecule has 0 fully saturated rings. The standard InChI is InChI=1S/C14H13F2N3O/c1-8-5-6-11(15)13(12(8)16)19-14(20)18-10-4-2-3-9(17)7-10/h2-7H,17H2,1H3,(H2,18,19,20). The van der Waals surface area contributed by atoms with Crippen LogP contribution in [0, 0.1) is 18.6 Å². The highest BCUT2D eigenvalue weighted by Gasteiger charge is 2.14. The summed E-state index contributed by atoms with van der Waals surface area (Å²) in [7, 11) is 0. The van der Waals surface area contributed by atoms with Gasteiger partial charge in [0.25, 0.3) is 0 Å². The molecule has 0 aliphatic heterocycles. The lowest BCUT2D eigenvalue weighted by atomic mass is 10.2. The molecule has 0 atom stereocenters. The second kappa shape index (κ2) is 5.56. The molecule has 0 heterocycles. The van der Waals surface area contributed by atoms with Gasteiger partial charge in [-0.3, -0.25) is 0 Å². The Bertz CT molecular complexity index is 659. The van der Waals surface area contributed by atoms with Crippen molar-refractivity contribution in [2.75, 3.05) is 16.4 Å². The summed E-state index contributed by atoms with van der Waals surface area (Å²) >= 11 is 0. The van der Waals surface area contributed by atoms with Crippen molar-refractivity contribution in [1.82, 2.24) is 0 Å². The predicted molar refractivity (Wildman–Crippen MR) is 74.6 cm³/mol. The highest BCUT2D eigenvalue weighted by molar-refractivity contribution is 6.00. The van der Waals surface area contributed by atoms with Crippen molar-refractivity contribution in [2.24, 2.45) is 0 Å². The van der Waals surface area contributed by atoms with Gasteiger partial charge in [-0.25, -0.2) is 13.6 Å². The molecule has 0 bridgehead atoms. The van der Waals surface area contributed by atoms with Crippen molar-refractivity contribution in [1.29, 1.82) is 0 Å². The summed E-state index contributed by atoms with van der Waals surface area (Å²) in [6.07, 6.45) is 0. The first-order valence-corrected chi connectivity index (χ1v) is 5.85. The SMILES string of the molecule is Cc1ccc(F)c(NC(=O)Nc2cccc(N)c2)c1F. The Kier molecular flexibility index (Phi) is 3.84. The highest BCUT2D eigenvalue weighted by atomic mass is 19.1. The molecule has 0 spiro atoms. The first-order valence-electron chi connectivity index (χ1n) is 5.85. The lowest BCUT2D eigenvalue weighted by Crippen LogP contribution is -2.21. The molecule has 0 aliphatic carbocycles. The molecule has 0 radical (unpaired) electrons. The second-order valence-electron chi connectivity index (χ2n) is 4.26. The molecular formula is C14H13F2N3O. The van der Waals surface area contributed by atoms with Gasteiger partial charge >= 0.3 is 6.03 Å². The third-order valence-corrected chi connectivity index (χ3v) is 2.67. The van der Waals surface area contributed by atoms with E-state index in [1.807, 2.05) is 0 Å². The van der Waals surface area contributed by atoms with Crippen molar-refractivity contribution in [2.45, 2.75) is 6.92 Å². The van der Waals surface area contributed by atoms with E-state index in [1.165, 1.54) is 19.1 Å². The third-order valence-electron chi connectivity index (χ3n) is 2.67. The summed E-state index contributed by atoms with van der Waals surface area (Å²) in [5.74, 6) is -1.64. The van der Waals surface area contributed by atoms with E-state index in [0.29, 0.717) is 11.4 Å². The molecule has 20 heavy (non-hydrogen) atoms. The molecule has 104 valence electrons. The Morgan fingerprint density at radius 3 is 2.60 bits per heavy atom. The van der Waals surface area contributed by atoms with Crippen LogP contribution in [0.2, 0.25) is 0 Å². The Hall–Kier alpha value is -2.63. The van der Waals surface area contributed by atoms with Crippen molar-refractivity contribution in [3.63, 3.8) is 0 Å². The number of aryl methyl sites for hydroxylation is 1. The number of nitrogens with one attached hydrogen (secondary N) is 2. The molecule has 4 nitrogen and oxygen atoms in total. The zero-order valence-electron chi connectivity index (χ0n) is 10.7. The average Bonchev–Trinajstić information content (AvgIpc) is 2.39. The fourth-order valence-corrected chi connectivity index (χ4v) is 1.66. The number of carbonyl (C=O) groups is 1. The number of hydrogen-bond donors (Lipinski definition) is 3. The van der Waals surface area contributed by atoms with Gasteiger partial charge in [-0.15, -0.1) is 0 Å². The molecule has 0 saturated carbocycles. The lowest BCUT2D eigenvalue weighted by Gasteiger charge is -2.10. The third kappa shape index (κ3) is 3.03. The topological polar surface area (TPSA) is 67.2 Å². The van der Waals surface area contributed by atoms with Crippen LogP contribution < -0.4 is 16.4 Å². The van der Waals surface area contributed by atoms with Gasteiger partial charge in [0.1, 0.15) is 11.5 Å². The first-order chi connectivity index (χ1) is 9.47. The molecule has 0 aromatic heterocycles. The Labute approximate surface area is 114 Å². The van der Waals surface area contributed by atoms with Crippen LogP contribution in [0.5, 0.6) is 0 Å². The zero-order valence-corrected chi connectivity index (χ0v) is 10.7. The van der Waals surface area contributed by atoms with Crippen molar-refractivity contribution < 1.29 is 13.6 Å². The fraction of sp³-hybridized carbons (Fsp3) is 0.0714. The smallest absolute Gasteiger partial charge is 0.323 e. The van der Waals surface area contributed by atoms with E-state index in [4.69, 9.17) is 5.73 Å². The molecule has 2 amide bonds. The van der Waals surface area contributed by atoms with Gasteiger partial charge in [0.15, 0.2) is 5.82 Å². The summed E-state index contributed by atoms with van der Waals surface area (Å²) in [6, 6.07) is 8.09. The summed E-state index contributed by atoms with van der Waals surface area (Å²) in [4.78, 5) is 11.7. The molecule has 0 unspecified atom stereocenters. The average molecular weight is 277 g/mol. The van der Waals surface area contributed by atoms with Gasteiger partial charge in [-0.05, 0) is 36.8 Å². The van der Waals surface area contributed by atoms with Crippen LogP contribution in [0.3, 0.4) is 0 Å². The number of hydrogen-bond acceptors (Lipinski definition) is 2. The van der Waals surface area contributed by atoms with Gasteiger partial charge in [0.05, 0.1) is 0 Å². The van der Waals surface area contributed by atoms with E-state index in [0.717, 1.165) is 6.07 Å². The predicted octanol–water partition coefficient (Wildman–Crippen LogP) is 3.50.